The maximum absolute atomic E-state index is 13.8. The molecular formula is C14H11BrClF. The Morgan fingerprint density at radius 3 is 2.35 bits per heavy atom. The van der Waals surface area contributed by atoms with Crippen molar-refractivity contribution in [2.75, 3.05) is 0 Å². The highest BCUT2D eigenvalue weighted by molar-refractivity contribution is 9.09. The minimum Gasteiger partial charge on any atom is -0.207 e. The average molecular weight is 314 g/mol. The molecule has 2 rings (SSSR count). The van der Waals surface area contributed by atoms with Gasteiger partial charge in [0.15, 0.2) is 0 Å². The molecule has 0 heterocycles. The molecule has 0 N–H and O–H groups in total. The minimum absolute atomic E-state index is 0.225. The van der Waals surface area contributed by atoms with E-state index in [1.807, 2.05) is 31.2 Å². The predicted molar refractivity (Wildman–Crippen MR) is 73.4 cm³/mol. The molecule has 17 heavy (non-hydrogen) atoms. The molecule has 0 fully saturated rings. The highest BCUT2D eigenvalue weighted by atomic mass is 79.9. The van der Waals surface area contributed by atoms with Gasteiger partial charge in [-0.2, -0.15) is 0 Å². The fraction of sp³-hybridized carbons (Fsp3) is 0.143. The molecule has 0 saturated heterocycles. The third-order valence-electron chi connectivity index (χ3n) is 2.62. The fourth-order valence-corrected chi connectivity index (χ4v) is 2.83. The van der Waals surface area contributed by atoms with Crippen molar-refractivity contribution in [2.45, 2.75) is 11.8 Å². The number of benzene rings is 2. The summed E-state index contributed by atoms with van der Waals surface area (Å²) in [5, 5.41) is 0.437. The molecule has 0 amide bonds. The van der Waals surface area contributed by atoms with Crippen LogP contribution in [0.2, 0.25) is 5.02 Å². The largest absolute Gasteiger partial charge is 0.207 e. The predicted octanol–water partition coefficient (Wildman–Crippen LogP) is 5.27. The summed E-state index contributed by atoms with van der Waals surface area (Å²) < 4.78 is 13.8. The van der Waals surface area contributed by atoms with Gasteiger partial charge in [-0.1, -0.05) is 63.4 Å². The van der Waals surface area contributed by atoms with Crippen molar-refractivity contribution < 1.29 is 4.39 Å². The first kappa shape index (κ1) is 12.6. The molecule has 0 aliphatic rings. The second-order valence-electron chi connectivity index (χ2n) is 3.91. The van der Waals surface area contributed by atoms with Crippen molar-refractivity contribution in [1.29, 1.82) is 0 Å². The van der Waals surface area contributed by atoms with Crippen LogP contribution < -0.4 is 0 Å². The maximum Gasteiger partial charge on any atom is 0.129 e. The van der Waals surface area contributed by atoms with Crippen molar-refractivity contribution in [3.05, 3.63) is 70.0 Å². The smallest absolute Gasteiger partial charge is 0.129 e. The molecule has 0 spiro atoms. The van der Waals surface area contributed by atoms with Gasteiger partial charge in [0.1, 0.15) is 5.82 Å². The van der Waals surface area contributed by atoms with Crippen LogP contribution in [0.4, 0.5) is 4.39 Å². The zero-order valence-corrected chi connectivity index (χ0v) is 11.6. The quantitative estimate of drug-likeness (QED) is 0.662. The number of halogens is 3. The lowest BCUT2D eigenvalue weighted by molar-refractivity contribution is 0.613. The normalized spacial score (nSPS) is 12.5. The molecule has 1 atom stereocenters. The summed E-state index contributed by atoms with van der Waals surface area (Å²) in [7, 11) is 0. The summed E-state index contributed by atoms with van der Waals surface area (Å²) >= 11 is 9.53. The van der Waals surface area contributed by atoms with Crippen LogP contribution in [0.25, 0.3) is 0 Å². The van der Waals surface area contributed by atoms with Gasteiger partial charge in [-0.3, -0.25) is 0 Å². The van der Waals surface area contributed by atoms with Crippen molar-refractivity contribution >= 4 is 27.5 Å². The van der Waals surface area contributed by atoms with Gasteiger partial charge in [0.2, 0.25) is 0 Å². The van der Waals surface area contributed by atoms with Gasteiger partial charge in [-0.05, 0) is 24.6 Å². The van der Waals surface area contributed by atoms with Crippen molar-refractivity contribution in [3.8, 4) is 0 Å². The average Bonchev–Trinajstić information content (AvgIpc) is 2.29. The first-order chi connectivity index (χ1) is 8.09. The van der Waals surface area contributed by atoms with Crippen LogP contribution in [0.3, 0.4) is 0 Å². The zero-order chi connectivity index (χ0) is 12.4. The van der Waals surface area contributed by atoms with E-state index in [1.54, 1.807) is 12.1 Å². The van der Waals surface area contributed by atoms with Crippen molar-refractivity contribution in [1.82, 2.24) is 0 Å². The van der Waals surface area contributed by atoms with Crippen LogP contribution in [0, 0.1) is 12.7 Å². The van der Waals surface area contributed by atoms with Crippen molar-refractivity contribution in [3.63, 3.8) is 0 Å². The third-order valence-corrected chi connectivity index (χ3v) is 3.94. The molecule has 3 heteroatoms. The van der Waals surface area contributed by atoms with E-state index in [2.05, 4.69) is 15.9 Å². The molecule has 0 bridgehead atoms. The summed E-state index contributed by atoms with van der Waals surface area (Å²) in [6.07, 6.45) is 0. The van der Waals surface area contributed by atoms with E-state index in [9.17, 15) is 4.39 Å². The topological polar surface area (TPSA) is 0 Å². The Kier molecular flexibility index (Phi) is 3.85. The van der Waals surface area contributed by atoms with E-state index in [0.717, 1.165) is 5.56 Å². The van der Waals surface area contributed by atoms with E-state index in [4.69, 9.17) is 11.6 Å². The van der Waals surface area contributed by atoms with Crippen molar-refractivity contribution in [2.24, 2.45) is 0 Å². The second kappa shape index (κ2) is 5.19. The molecule has 88 valence electrons. The Balaban J connectivity index is 2.43. The van der Waals surface area contributed by atoms with E-state index in [1.165, 1.54) is 11.6 Å². The first-order valence-corrected chi connectivity index (χ1v) is 6.53. The van der Waals surface area contributed by atoms with Crippen LogP contribution in [0.5, 0.6) is 0 Å². The molecule has 1 unspecified atom stereocenters. The summed E-state index contributed by atoms with van der Waals surface area (Å²) in [4.78, 5) is -0.225. The lowest BCUT2D eigenvalue weighted by Gasteiger charge is -2.13. The number of rotatable bonds is 2. The Labute approximate surface area is 114 Å². The zero-order valence-electron chi connectivity index (χ0n) is 9.25. The molecule has 0 aromatic heterocycles. The molecule has 2 aromatic carbocycles. The molecule has 2 aromatic rings. The van der Waals surface area contributed by atoms with Gasteiger partial charge >= 0.3 is 0 Å². The van der Waals surface area contributed by atoms with Gasteiger partial charge < -0.3 is 0 Å². The number of aryl methyl sites for hydroxylation is 1. The number of alkyl halides is 1. The molecule has 0 aliphatic carbocycles. The monoisotopic (exact) mass is 312 g/mol. The number of hydrogen-bond acceptors (Lipinski definition) is 0. The van der Waals surface area contributed by atoms with Crippen LogP contribution in [0.1, 0.15) is 21.5 Å². The molecule has 0 saturated carbocycles. The SMILES string of the molecule is Cc1ccc(C(Br)c2c(F)cccc2Cl)cc1. The minimum atomic E-state index is -0.292. The van der Waals surface area contributed by atoms with Crippen LogP contribution in [-0.2, 0) is 0 Å². The Bertz CT molecular complexity index is 502. The molecular weight excluding hydrogens is 303 g/mol. The standard InChI is InChI=1S/C14H11BrClF/c1-9-5-7-10(8-6-9)14(15)13-11(16)3-2-4-12(13)17/h2-8,14H,1H3. The highest BCUT2D eigenvalue weighted by Crippen LogP contribution is 2.36. The van der Waals surface area contributed by atoms with Crippen LogP contribution in [-0.4, -0.2) is 0 Å². The van der Waals surface area contributed by atoms with Crippen LogP contribution >= 0.6 is 27.5 Å². The van der Waals surface area contributed by atoms with Gasteiger partial charge in [-0.25, -0.2) is 4.39 Å². The fourth-order valence-electron chi connectivity index (χ4n) is 1.65. The summed E-state index contributed by atoms with van der Waals surface area (Å²) in [5.41, 5.74) is 2.65. The summed E-state index contributed by atoms with van der Waals surface area (Å²) in [5.74, 6) is -0.292. The van der Waals surface area contributed by atoms with Crippen LogP contribution in [0.15, 0.2) is 42.5 Å². The first-order valence-electron chi connectivity index (χ1n) is 5.24. The van der Waals surface area contributed by atoms with Gasteiger partial charge in [0.05, 0.1) is 4.83 Å². The van der Waals surface area contributed by atoms with E-state index in [0.29, 0.717) is 10.6 Å². The number of hydrogen-bond donors (Lipinski definition) is 0. The van der Waals surface area contributed by atoms with E-state index in [-0.39, 0.29) is 10.6 Å². The van der Waals surface area contributed by atoms with Gasteiger partial charge in [0.25, 0.3) is 0 Å². The molecule has 0 nitrogen and oxygen atoms in total. The Morgan fingerprint density at radius 2 is 1.76 bits per heavy atom. The maximum atomic E-state index is 13.8. The third kappa shape index (κ3) is 2.70. The lowest BCUT2D eigenvalue weighted by Crippen LogP contribution is -1.97. The van der Waals surface area contributed by atoms with E-state index >= 15 is 0 Å². The second-order valence-corrected chi connectivity index (χ2v) is 5.23. The Hall–Kier alpha value is -0.860. The molecule has 0 radical (unpaired) electrons. The van der Waals surface area contributed by atoms with E-state index < -0.39 is 0 Å². The molecule has 0 aliphatic heterocycles. The van der Waals surface area contributed by atoms with Gasteiger partial charge in [0, 0.05) is 10.6 Å². The van der Waals surface area contributed by atoms with Gasteiger partial charge in [-0.15, -0.1) is 0 Å². The Morgan fingerprint density at radius 1 is 1.12 bits per heavy atom. The summed E-state index contributed by atoms with van der Waals surface area (Å²) in [6, 6.07) is 12.7. The lowest BCUT2D eigenvalue weighted by atomic mass is 10.0. The highest BCUT2D eigenvalue weighted by Gasteiger charge is 2.17. The summed E-state index contributed by atoms with van der Waals surface area (Å²) in [6.45, 7) is 2.02.